The van der Waals surface area contributed by atoms with E-state index in [1.165, 1.54) is 24.3 Å². The van der Waals surface area contributed by atoms with Crippen LogP contribution in [0.15, 0.2) is 42.5 Å². The molecule has 0 saturated carbocycles. The Kier molecular flexibility index (Phi) is 6.48. The van der Waals surface area contributed by atoms with E-state index >= 15 is 0 Å². The highest BCUT2D eigenvalue weighted by Crippen LogP contribution is 2.21. The van der Waals surface area contributed by atoms with Crippen molar-refractivity contribution in [1.29, 1.82) is 0 Å². The van der Waals surface area contributed by atoms with Gasteiger partial charge in [-0.1, -0.05) is 24.3 Å². The molecule has 0 unspecified atom stereocenters. The molecule has 0 aliphatic carbocycles. The van der Waals surface area contributed by atoms with E-state index in [2.05, 4.69) is 10.9 Å². The third-order valence-electron chi connectivity index (χ3n) is 4.06. The summed E-state index contributed by atoms with van der Waals surface area (Å²) in [5.74, 6) is -0.334. The third kappa shape index (κ3) is 5.53. The number of ether oxygens (including phenoxy) is 1. The summed E-state index contributed by atoms with van der Waals surface area (Å²) < 4.78 is 5.65. The molecule has 0 aromatic heterocycles. The number of nitro benzene ring substituents is 1. The number of nitrogens with one attached hydrogen (secondary N) is 2. The summed E-state index contributed by atoms with van der Waals surface area (Å²) in [6.45, 7) is 5.44. The number of aryl methyl sites for hydroxylation is 1. The number of rotatable bonds is 6. The quantitative estimate of drug-likeness (QED) is 0.598. The molecular weight excluding hydrogens is 350 g/mol. The summed E-state index contributed by atoms with van der Waals surface area (Å²) in [5.41, 5.74) is 7.16. The molecule has 0 saturated heterocycles. The third-order valence-corrected chi connectivity index (χ3v) is 4.06. The fourth-order valence-electron chi connectivity index (χ4n) is 2.29. The van der Waals surface area contributed by atoms with Crippen molar-refractivity contribution in [3.8, 4) is 5.75 Å². The van der Waals surface area contributed by atoms with Gasteiger partial charge in [0.2, 0.25) is 5.91 Å². The van der Waals surface area contributed by atoms with E-state index in [-0.39, 0.29) is 12.1 Å². The van der Waals surface area contributed by atoms with Gasteiger partial charge in [0.15, 0.2) is 6.10 Å². The number of hydrazine groups is 1. The van der Waals surface area contributed by atoms with E-state index < -0.39 is 22.8 Å². The molecule has 0 heterocycles. The fourth-order valence-corrected chi connectivity index (χ4v) is 2.29. The SMILES string of the molecule is Cc1cccc(O[C@@H](C)C(=O)NNC(=O)Cc2ccc([N+](=O)[O-])cc2)c1C. The van der Waals surface area contributed by atoms with E-state index in [0.29, 0.717) is 11.3 Å². The number of hydrogen-bond acceptors (Lipinski definition) is 5. The maximum atomic E-state index is 12.1. The monoisotopic (exact) mass is 371 g/mol. The highest BCUT2D eigenvalue weighted by Gasteiger charge is 2.17. The van der Waals surface area contributed by atoms with Crippen LogP contribution in [0.4, 0.5) is 5.69 Å². The van der Waals surface area contributed by atoms with Gasteiger partial charge in [0.05, 0.1) is 11.3 Å². The molecule has 0 aliphatic rings. The van der Waals surface area contributed by atoms with Crippen molar-refractivity contribution in [1.82, 2.24) is 10.9 Å². The van der Waals surface area contributed by atoms with E-state index in [1.54, 1.807) is 13.0 Å². The molecule has 2 N–H and O–H groups in total. The van der Waals surface area contributed by atoms with Crippen molar-refractivity contribution >= 4 is 17.5 Å². The largest absolute Gasteiger partial charge is 0.481 e. The van der Waals surface area contributed by atoms with Gasteiger partial charge in [-0.2, -0.15) is 0 Å². The van der Waals surface area contributed by atoms with Crippen LogP contribution >= 0.6 is 0 Å². The lowest BCUT2D eigenvalue weighted by Crippen LogP contribution is -2.47. The molecule has 0 bridgehead atoms. The minimum atomic E-state index is -0.801. The molecule has 2 amide bonds. The second kappa shape index (κ2) is 8.79. The van der Waals surface area contributed by atoms with Crippen LogP contribution in [0.1, 0.15) is 23.6 Å². The average Bonchev–Trinajstić information content (AvgIpc) is 2.63. The van der Waals surface area contributed by atoms with Crippen molar-refractivity contribution in [3.63, 3.8) is 0 Å². The van der Waals surface area contributed by atoms with Gasteiger partial charge < -0.3 is 4.74 Å². The molecule has 0 radical (unpaired) electrons. The number of hydrogen-bond donors (Lipinski definition) is 2. The first-order chi connectivity index (χ1) is 12.8. The van der Waals surface area contributed by atoms with Crippen molar-refractivity contribution in [2.75, 3.05) is 0 Å². The van der Waals surface area contributed by atoms with E-state index in [9.17, 15) is 19.7 Å². The first-order valence-corrected chi connectivity index (χ1v) is 8.33. The Morgan fingerprint density at radius 3 is 2.41 bits per heavy atom. The summed E-state index contributed by atoms with van der Waals surface area (Å²) in [4.78, 5) is 34.1. The Labute approximate surface area is 156 Å². The Hall–Kier alpha value is -3.42. The standard InChI is InChI=1S/C19H21N3O5/c1-12-5-4-6-17(13(12)2)27-14(3)19(24)21-20-18(23)11-15-7-9-16(10-8-15)22(25)26/h4-10,14H,11H2,1-3H3,(H,20,23)(H,21,24)/t14-/m0/s1. The van der Waals surface area contributed by atoms with Crippen molar-refractivity contribution < 1.29 is 19.2 Å². The first kappa shape index (κ1) is 19.9. The zero-order chi connectivity index (χ0) is 20.0. The van der Waals surface area contributed by atoms with Crippen LogP contribution in [0.2, 0.25) is 0 Å². The lowest BCUT2D eigenvalue weighted by atomic mass is 10.1. The van der Waals surface area contributed by atoms with Gasteiger partial charge in [-0.25, -0.2) is 0 Å². The highest BCUT2D eigenvalue weighted by atomic mass is 16.6. The average molecular weight is 371 g/mol. The summed E-state index contributed by atoms with van der Waals surface area (Å²) in [6, 6.07) is 11.2. The summed E-state index contributed by atoms with van der Waals surface area (Å²) in [7, 11) is 0. The second-order valence-corrected chi connectivity index (χ2v) is 6.10. The maximum absolute atomic E-state index is 12.1. The molecule has 1 atom stereocenters. The molecule has 2 aromatic carbocycles. The predicted molar refractivity (Wildman–Crippen MR) is 99.1 cm³/mol. The fraction of sp³-hybridized carbons (Fsp3) is 0.263. The first-order valence-electron chi connectivity index (χ1n) is 8.33. The van der Waals surface area contributed by atoms with E-state index in [1.807, 2.05) is 26.0 Å². The van der Waals surface area contributed by atoms with Gasteiger partial charge in [0, 0.05) is 12.1 Å². The van der Waals surface area contributed by atoms with Gasteiger partial charge in [0.25, 0.3) is 11.6 Å². The Balaban J connectivity index is 1.84. The molecule has 8 nitrogen and oxygen atoms in total. The lowest BCUT2D eigenvalue weighted by molar-refractivity contribution is -0.384. The van der Waals surface area contributed by atoms with Crippen LogP contribution in [0, 0.1) is 24.0 Å². The van der Waals surface area contributed by atoms with Crippen molar-refractivity contribution in [3.05, 3.63) is 69.3 Å². The minimum Gasteiger partial charge on any atom is -0.481 e. The highest BCUT2D eigenvalue weighted by molar-refractivity contribution is 5.85. The van der Waals surface area contributed by atoms with Crippen LogP contribution < -0.4 is 15.6 Å². The summed E-state index contributed by atoms with van der Waals surface area (Å²) in [5, 5.41) is 10.6. The molecule has 8 heteroatoms. The normalized spacial score (nSPS) is 11.4. The number of amides is 2. The van der Waals surface area contributed by atoms with Gasteiger partial charge in [0.1, 0.15) is 5.75 Å². The maximum Gasteiger partial charge on any atom is 0.279 e. The zero-order valence-electron chi connectivity index (χ0n) is 15.3. The van der Waals surface area contributed by atoms with Gasteiger partial charge >= 0.3 is 0 Å². The second-order valence-electron chi connectivity index (χ2n) is 6.10. The summed E-state index contributed by atoms with van der Waals surface area (Å²) >= 11 is 0. The van der Waals surface area contributed by atoms with E-state index in [4.69, 9.17) is 4.74 Å². The molecule has 2 aromatic rings. The zero-order valence-corrected chi connectivity index (χ0v) is 15.3. The Morgan fingerprint density at radius 1 is 1.11 bits per heavy atom. The molecule has 27 heavy (non-hydrogen) atoms. The minimum absolute atomic E-state index is 0.0233. The predicted octanol–water partition coefficient (Wildman–Crippen LogP) is 2.37. The molecular formula is C19H21N3O5. The van der Waals surface area contributed by atoms with Gasteiger partial charge in [-0.3, -0.25) is 30.6 Å². The number of non-ortho nitro benzene ring substituents is 1. The number of carbonyl (C=O) groups is 2. The number of nitrogens with zero attached hydrogens (tertiary/aromatic N) is 1. The molecule has 0 spiro atoms. The molecule has 142 valence electrons. The molecule has 0 aliphatic heterocycles. The number of benzene rings is 2. The van der Waals surface area contributed by atoms with Crippen LogP contribution in [0.3, 0.4) is 0 Å². The Bertz CT molecular complexity index is 849. The molecule has 0 fully saturated rings. The number of nitro groups is 1. The summed E-state index contributed by atoms with van der Waals surface area (Å²) in [6.07, 6.45) is -0.824. The van der Waals surface area contributed by atoms with Crippen LogP contribution in [-0.2, 0) is 16.0 Å². The van der Waals surface area contributed by atoms with Gasteiger partial charge in [-0.05, 0) is 43.5 Å². The lowest BCUT2D eigenvalue weighted by Gasteiger charge is -2.17. The topological polar surface area (TPSA) is 111 Å². The number of carbonyl (C=O) groups excluding carboxylic acids is 2. The van der Waals surface area contributed by atoms with Crippen LogP contribution in [0.25, 0.3) is 0 Å². The van der Waals surface area contributed by atoms with Crippen LogP contribution in [0.5, 0.6) is 5.75 Å². The van der Waals surface area contributed by atoms with E-state index in [0.717, 1.165) is 11.1 Å². The smallest absolute Gasteiger partial charge is 0.279 e. The van der Waals surface area contributed by atoms with Crippen molar-refractivity contribution in [2.24, 2.45) is 0 Å². The van der Waals surface area contributed by atoms with Gasteiger partial charge in [-0.15, -0.1) is 0 Å². The van der Waals surface area contributed by atoms with Crippen LogP contribution in [-0.4, -0.2) is 22.8 Å². The molecule has 2 rings (SSSR count). The Morgan fingerprint density at radius 2 is 1.78 bits per heavy atom. The van der Waals surface area contributed by atoms with Crippen molar-refractivity contribution in [2.45, 2.75) is 33.3 Å².